The Morgan fingerprint density at radius 1 is 1.19 bits per heavy atom. The summed E-state index contributed by atoms with van der Waals surface area (Å²) in [6.45, 7) is 4.94. The number of methoxy groups -OCH3 is 1. The van der Waals surface area contributed by atoms with Gasteiger partial charge in [-0.1, -0.05) is 42.4 Å². The first-order valence-corrected chi connectivity index (χ1v) is 11.2. The molecule has 0 spiro atoms. The number of H-pyrrole nitrogens is 1. The zero-order valence-electron chi connectivity index (χ0n) is 18.1. The number of fused-ring (bicyclic) bond motifs is 1. The number of esters is 1. The van der Waals surface area contributed by atoms with Crippen LogP contribution < -0.4 is 5.56 Å². The standard InChI is InChI=1S/C23H23N5O3S/c1-4-10-28-20(15-7-5-6-14(2)11-15)26-27-23(28)32-13-19-24-18-12-16(22(30)31-3)8-9-17(18)21(29)25-19/h5-9,11-12H,4,10,13H2,1-3H3,(H,24,25,29). The minimum Gasteiger partial charge on any atom is -0.465 e. The highest BCUT2D eigenvalue weighted by molar-refractivity contribution is 7.98. The largest absolute Gasteiger partial charge is 0.465 e. The van der Waals surface area contributed by atoms with Crippen molar-refractivity contribution in [2.75, 3.05) is 7.11 Å². The predicted octanol–water partition coefficient (Wildman–Crippen LogP) is 3.98. The minimum atomic E-state index is -0.471. The van der Waals surface area contributed by atoms with Crippen LogP contribution in [0, 0.1) is 6.92 Å². The Kier molecular flexibility index (Phi) is 6.36. The van der Waals surface area contributed by atoms with Gasteiger partial charge in [-0.15, -0.1) is 10.2 Å². The highest BCUT2D eigenvalue weighted by atomic mass is 32.2. The first-order chi connectivity index (χ1) is 15.5. The van der Waals surface area contributed by atoms with E-state index in [9.17, 15) is 9.59 Å². The lowest BCUT2D eigenvalue weighted by Gasteiger charge is -2.09. The molecular formula is C23H23N5O3S. The number of ether oxygens (including phenoxy) is 1. The normalized spacial score (nSPS) is 11.1. The fraction of sp³-hybridized carbons (Fsp3) is 0.261. The molecule has 0 unspecified atom stereocenters. The summed E-state index contributed by atoms with van der Waals surface area (Å²) in [6, 6.07) is 12.9. The number of aromatic amines is 1. The van der Waals surface area contributed by atoms with Crippen LogP contribution in [-0.2, 0) is 17.0 Å². The molecule has 0 bridgehead atoms. The van der Waals surface area contributed by atoms with Crippen molar-refractivity contribution in [1.29, 1.82) is 0 Å². The number of aryl methyl sites for hydroxylation is 1. The summed E-state index contributed by atoms with van der Waals surface area (Å²) >= 11 is 1.46. The Bertz CT molecular complexity index is 1350. The van der Waals surface area contributed by atoms with Gasteiger partial charge >= 0.3 is 5.97 Å². The average Bonchev–Trinajstić information content (AvgIpc) is 3.19. The van der Waals surface area contributed by atoms with Crippen molar-refractivity contribution in [3.05, 3.63) is 69.8 Å². The van der Waals surface area contributed by atoms with Crippen LogP contribution in [0.25, 0.3) is 22.3 Å². The van der Waals surface area contributed by atoms with Gasteiger partial charge in [0.2, 0.25) is 0 Å². The van der Waals surface area contributed by atoms with Gasteiger partial charge in [-0.2, -0.15) is 0 Å². The number of hydrogen-bond donors (Lipinski definition) is 1. The van der Waals surface area contributed by atoms with Crippen LogP contribution in [0.3, 0.4) is 0 Å². The van der Waals surface area contributed by atoms with Crippen molar-refractivity contribution in [2.45, 2.75) is 37.7 Å². The number of hydrogen-bond acceptors (Lipinski definition) is 7. The van der Waals surface area contributed by atoms with Crippen LogP contribution in [0.1, 0.15) is 35.1 Å². The third-order valence-electron chi connectivity index (χ3n) is 4.95. The van der Waals surface area contributed by atoms with E-state index in [1.54, 1.807) is 18.2 Å². The molecule has 1 N–H and O–H groups in total. The van der Waals surface area contributed by atoms with Crippen molar-refractivity contribution in [3.63, 3.8) is 0 Å². The molecule has 0 amide bonds. The van der Waals surface area contributed by atoms with Crippen LogP contribution in [-0.4, -0.2) is 37.8 Å². The zero-order valence-corrected chi connectivity index (χ0v) is 18.9. The van der Waals surface area contributed by atoms with Crippen LogP contribution in [0.15, 0.2) is 52.4 Å². The molecule has 164 valence electrons. The van der Waals surface area contributed by atoms with Gasteiger partial charge in [-0.3, -0.25) is 4.79 Å². The number of rotatable bonds is 7. The zero-order chi connectivity index (χ0) is 22.7. The Hall–Kier alpha value is -3.46. The number of benzene rings is 2. The highest BCUT2D eigenvalue weighted by Crippen LogP contribution is 2.26. The molecular weight excluding hydrogens is 426 g/mol. The number of aromatic nitrogens is 5. The van der Waals surface area contributed by atoms with E-state index in [1.165, 1.54) is 18.9 Å². The van der Waals surface area contributed by atoms with Gasteiger partial charge in [0.05, 0.1) is 29.3 Å². The van der Waals surface area contributed by atoms with Crippen molar-refractivity contribution in [3.8, 4) is 11.4 Å². The lowest BCUT2D eigenvalue weighted by atomic mass is 10.1. The molecule has 0 aliphatic rings. The summed E-state index contributed by atoms with van der Waals surface area (Å²) in [6.07, 6.45) is 0.936. The van der Waals surface area contributed by atoms with E-state index in [-0.39, 0.29) is 5.56 Å². The second kappa shape index (κ2) is 9.35. The van der Waals surface area contributed by atoms with E-state index >= 15 is 0 Å². The Morgan fingerprint density at radius 3 is 2.78 bits per heavy atom. The van der Waals surface area contributed by atoms with E-state index in [0.717, 1.165) is 35.1 Å². The van der Waals surface area contributed by atoms with Crippen LogP contribution in [0.2, 0.25) is 0 Å². The van der Waals surface area contributed by atoms with Gasteiger partial charge in [0.25, 0.3) is 5.56 Å². The summed E-state index contributed by atoms with van der Waals surface area (Å²) in [4.78, 5) is 31.7. The lowest BCUT2D eigenvalue weighted by molar-refractivity contribution is 0.0601. The Labute approximate surface area is 189 Å². The van der Waals surface area contributed by atoms with Gasteiger partial charge in [0.1, 0.15) is 5.82 Å². The average molecular weight is 450 g/mol. The first kappa shape index (κ1) is 21.8. The molecule has 2 aromatic carbocycles. The fourth-order valence-corrected chi connectivity index (χ4v) is 4.29. The molecule has 4 rings (SSSR count). The Morgan fingerprint density at radius 2 is 2.03 bits per heavy atom. The fourth-order valence-electron chi connectivity index (χ4n) is 3.45. The summed E-state index contributed by atoms with van der Waals surface area (Å²) in [5.74, 6) is 1.25. The minimum absolute atomic E-state index is 0.252. The second-order valence-electron chi connectivity index (χ2n) is 7.35. The van der Waals surface area contributed by atoms with Crippen LogP contribution >= 0.6 is 11.8 Å². The molecule has 0 saturated heterocycles. The lowest BCUT2D eigenvalue weighted by Crippen LogP contribution is -2.12. The molecule has 0 atom stereocenters. The van der Waals surface area contributed by atoms with Gasteiger partial charge in [-0.25, -0.2) is 9.78 Å². The van der Waals surface area contributed by atoms with Crippen molar-refractivity contribution < 1.29 is 9.53 Å². The summed E-state index contributed by atoms with van der Waals surface area (Å²) in [5, 5.41) is 9.98. The van der Waals surface area contributed by atoms with Crippen molar-refractivity contribution in [1.82, 2.24) is 24.7 Å². The number of nitrogens with one attached hydrogen (secondary N) is 1. The summed E-state index contributed by atoms with van der Waals surface area (Å²) in [7, 11) is 1.32. The highest BCUT2D eigenvalue weighted by Gasteiger charge is 2.15. The number of thioether (sulfide) groups is 1. The summed E-state index contributed by atoms with van der Waals surface area (Å²) in [5.41, 5.74) is 2.72. The SMILES string of the molecule is CCCn1c(SCc2nc3cc(C(=O)OC)ccc3c(=O)[nH]2)nnc1-c1cccc(C)c1. The molecule has 9 heteroatoms. The molecule has 32 heavy (non-hydrogen) atoms. The first-order valence-electron chi connectivity index (χ1n) is 10.2. The van der Waals surface area contributed by atoms with Crippen LogP contribution in [0.5, 0.6) is 0 Å². The maximum Gasteiger partial charge on any atom is 0.337 e. The molecule has 0 saturated carbocycles. The number of carbonyl (C=O) groups excluding carboxylic acids is 1. The molecule has 0 fully saturated rings. The van der Waals surface area contributed by atoms with Crippen molar-refractivity contribution >= 4 is 28.6 Å². The summed E-state index contributed by atoms with van der Waals surface area (Å²) < 4.78 is 6.85. The molecule has 0 aliphatic carbocycles. The van der Waals surface area contributed by atoms with E-state index in [1.807, 2.05) is 25.1 Å². The van der Waals surface area contributed by atoms with Crippen LogP contribution in [0.4, 0.5) is 0 Å². The number of carbonyl (C=O) groups is 1. The molecule has 2 heterocycles. The van der Waals surface area contributed by atoms with Gasteiger partial charge < -0.3 is 14.3 Å². The topological polar surface area (TPSA) is 103 Å². The Balaban J connectivity index is 1.63. The monoisotopic (exact) mass is 449 g/mol. The van der Waals surface area contributed by atoms with E-state index in [0.29, 0.717) is 28.0 Å². The predicted molar refractivity (Wildman–Crippen MR) is 124 cm³/mol. The maximum absolute atomic E-state index is 12.5. The second-order valence-corrected chi connectivity index (χ2v) is 8.29. The molecule has 2 aromatic heterocycles. The molecule has 0 aliphatic heterocycles. The van der Waals surface area contributed by atoms with Gasteiger partial charge in [0.15, 0.2) is 11.0 Å². The van der Waals surface area contributed by atoms with E-state index in [4.69, 9.17) is 4.74 Å². The molecule has 0 radical (unpaired) electrons. The van der Waals surface area contributed by atoms with Crippen molar-refractivity contribution in [2.24, 2.45) is 0 Å². The smallest absolute Gasteiger partial charge is 0.337 e. The quantitative estimate of drug-likeness (QED) is 0.336. The maximum atomic E-state index is 12.5. The van der Waals surface area contributed by atoms with Gasteiger partial charge in [-0.05, 0) is 37.6 Å². The third kappa shape index (κ3) is 4.43. The van der Waals surface area contributed by atoms with E-state index in [2.05, 4.69) is 37.7 Å². The van der Waals surface area contributed by atoms with E-state index < -0.39 is 5.97 Å². The van der Waals surface area contributed by atoms with Gasteiger partial charge in [0, 0.05) is 12.1 Å². The number of nitrogens with zero attached hydrogens (tertiary/aromatic N) is 4. The third-order valence-corrected chi connectivity index (χ3v) is 5.93. The molecule has 8 nitrogen and oxygen atoms in total. The molecule has 4 aromatic rings.